The quantitative estimate of drug-likeness (QED) is 0.312. The Hall–Kier alpha value is -2.15. The van der Waals surface area contributed by atoms with Gasteiger partial charge in [-0.15, -0.1) is 0 Å². The number of rotatable bonds is 8. The number of hydrogen-bond acceptors (Lipinski definition) is 7. The monoisotopic (exact) mass is 488 g/mol. The summed E-state index contributed by atoms with van der Waals surface area (Å²) in [6.45, 7) is 11.8. The molecule has 9 heteroatoms. The van der Waals surface area contributed by atoms with Gasteiger partial charge in [0.2, 0.25) is 0 Å². The summed E-state index contributed by atoms with van der Waals surface area (Å²) < 4.78 is 7.59. The number of ether oxygens (including phenoxy) is 1. The number of piperidine rings is 1. The lowest BCUT2D eigenvalue weighted by Gasteiger charge is -2.35. The number of nitriles is 1. The van der Waals surface area contributed by atoms with Crippen molar-refractivity contribution in [2.45, 2.75) is 53.5 Å². The minimum absolute atomic E-state index is 0.129. The van der Waals surface area contributed by atoms with Crippen LogP contribution in [0.25, 0.3) is 6.08 Å². The van der Waals surface area contributed by atoms with E-state index in [1.54, 1.807) is 16.4 Å². The van der Waals surface area contributed by atoms with Crippen molar-refractivity contribution in [2.75, 3.05) is 37.7 Å². The van der Waals surface area contributed by atoms with Gasteiger partial charge in [-0.1, -0.05) is 30.9 Å². The van der Waals surface area contributed by atoms with Crippen LogP contribution < -0.4 is 10.5 Å². The van der Waals surface area contributed by atoms with Crippen LogP contribution in [0.2, 0.25) is 0 Å². The highest BCUT2D eigenvalue weighted by Gasteiger charge is 2.33. The molecule has 0 atom stereocenters. The van der Waals surface area contributed by atoms with Crippen LogP contribution in [0, 0.1) is 24.2 Å². The van der Waals surface area contributed by atoms with Crippen LogP contribution in [0.15, 0.2) is 9.70 Å². The van der Waals surface area contributed by atoms with E-state index < -0.39 is 0 Å². The molecule has 7 nitrogen and oxygen atoms in total. The number of amides is 1. The Kier molecular flexibility index (Phi) is 8.74. The summed E-state index contributed by atoms with van der Waals surface area (Å²) in [5, 5.41) is 9.71. The molecule has 0 spiro atoms. The fourth-order valence-electron chi connectivity index (χ4n) is 4.29. The molecule has 1 aromatic heterocycles. The Morgan fingerprint density at radius 3 is 2.58 bits per heavy atom. The first kappa shape index (κ1) is 25.5. The molecule has 0 aromatic carbocycles. The largest absolute Gasteiger partial charge is 0.382 e. The standard InChI is InChI=1S/C24H32N4O3S2/c1-5-27-21(26-11-8-16(3)9-12-26)18(17(4)19(15-25)22(27)29)14-20-23(30)28(24(32)33-20)10-7-13-31-6-2/h14,16H,5-13H2,1-4H3/b20-14-. The normalized spacial score (nSPS) is 18.5. The molecule has 0 saturated carbocycles. The first-order valence-corrected chi connectivity index (χ1v) is 12.8. The molecule has 1 aromatic rings. The number of anilines is 1. The highest BCUT2D eigenvalue weighted by atomic mass is 32.2. The lowest BCUT2D eigenvalue weighted by atomic mass is 9.97. The van der Waals surface area contributed by atoms with E-state index in [0.29, 0.717) is 53.4 Å². The zero-order valence-electron chi connectivity index (χ0n) is 19.8. The molecule has 178 valence electrons. The van der Waals surface area contributed by atoms with Crippen LogP contribution in [0.1, 0.15) is 56.7 Å². The van der Waals surface area contributed by atoms with Crippen molar-refractivity contribution < 1.29 is 9.53 Å². The van der Waals surface area contributed by atoms with E-state index in [1.165, 1.54) is 11.8 Å². The molecule has 2 saturated heterocycles. The Morgan fingerprint density at radius 1 is 1.27 bits per heavy atom. The molecule has 2 fully saturated rings. The van der Waals surface area contributed by atoms with Crippen LogP contribution >= 0.6 is 24.0 Å². The van der Waals surface area contributed by atoms with Crippen molar-refractivity contribution in [3.63, 3.8) is 0 Å². The molecular weight excluding hydrogens is 456 g/mol. The van der Waals surface area contributed by atoms with Gasteiger partial charge in [-0.2, -0.15) is 5.26 Å². The topological polar surface area (TPSA) is 78.6 Å². The molecule has 3 rings (SSSR count). The van der Waals surface area contributed by atoms with Gasteiger partial charge in [0, 0.05) is 45.0 Å². The average molecular weight is 489 g/mol. The molecule has 33 heavy (non-hydrogen) atoms. The van der Waals surface area contributed by atoms with Gasteiger partial charge in [-0.05, 0) is 57.6 Å². The zero-order chi connectivity index (χ0) is 24.1. The highest BCUT2D eigenvalue weighted by molar-refractivity contribution is 8.26. The van der Waals surface area contributed by atoms with Crippen LogP contribution in [-0.4, -0.2) is 52.5 Å². The summed E-state index contributed by atoms with van der Waals surface area (Å²) in [6.07, 6.45) is 4.62. The molecule has 1 amide bonds. The second kappa shape index (κ2) is 11.3. The molecule has 0 aliphatic carbocycles. The van der Waals surface area contributed by atoms with Crippen LogP contribution in [0.5, 0.6) is 0 Å². The van der Waals surface area contributed by atoms with E-state index >= 15 is 0 Å². The lowest BCUT2D eigenvalue weighted by molar-refractivity contribution is -0.122. The predicted molar refractivity (Wildman–Crippen MR) is 137 cm³/mol. The van der Waals surface area contributed by atoms with Gasteiger partial charge in [-0.25, -0.2) is 0 Å². The summed E-state index contributed by atoms with van der Waals surface area (Å²) >= 11 is 6.75. The average Bonchev–Trinajstić information content (AvgIpc) is 3.06. The molecule has 0 N–H and O–H groups in total. The van der Waals surface area contributed by atoms with Gasteiger partial charge in [0.15, 0.2) is 0 Å². The second-order valence-electron chi connectivity index (χ2n) is 8.45. The number of hydrogen-bond donors (Lipinski definition) is 0. The third kappa shape index (κ3) is 5.34. The van der Waals surface area contributed by atoms with Gasteiger partial charge in [-0.3, -0.25) is 19.1 Å². The van der Waals surface area contributed by atoms with E-state index in [9.17, 15) is 14.9 Å². The Morgan fingerprint density at radius 2 is 1.97 bits per heavy atom. The van der Waals surface area contributed by atoms with Gasteiger partial charge in [0.1, 0.15) is 21.8 Å². The van der Waals surface area contributed by atoms with Gasteiger partial charge in [0.25, 0.3) is 11.5 Å². The van der Waals surface area contributed by atoms with Crippen molar-refractivity contribution in [1.82, 2.24) is 9.47 Å². The Balaban J connectivity index is 2.05. The number of thiocarbonyl (C=S) groups is 1. The number of thioether (sulfide) groups is 1. The van der Waals surface area contributed by atoms with Crippen molar-refractivity contribution >= 4 is 46.1 Å². The van der Waals surface area contributed by atoms with Crippen LogP contribution in [0.3, 0.4) is 0 Å². The van der Waals surface area contributed by atoms with E-state index in [2.05, 4.69) is 17.9 Å². The molecule has 0 unspecified atom stereocenters. The minimum atomic E-state index is -0.272. The van der Waals surface area contributed by atoms with E-state index in [0.717, 1.165) is 37.3 Å². The third-order valence-corrected chi connectivity index (χ3v) is 7.65. The van der Waals surface area contributed by atoms with Crippen molar-refractivity contribution in [3.05, 3.63) is 31.9 Å². The minimum Gasteiger partial charge on any atom is -0.382 e. The maximum Gasteiger partial charge on any atom is 0.270 e. The summed E-state index contributed by atoms with van der Waals surface area (Å²) in [7, 11) is 0. The molecule has 0 radical (unpaired) electrons. The lowest BCUT2D eigenvalue weighted by Crippen LogP contribution is -2.39. The maximum atomic E-state index is 13.2. The molecular formula is C24H32N4O3S2. The molecule has 0 bridgehead atoms. The maximum absolute atomic E-state index is 13.2. The Labute approximate surface area is 205 Å². The summed E-state index contributed by atoms with van der Waals surface area (Å²) in [5.41, 5.74) is 1.23. The van der Waals surface area contributed by atoms with E-state index in [4.69, 9.17) is 17.0 Å². The number of nitrogens with zero attached hydrogens (tertiary/aromatic N) is 4. The van der Waals surface area contributed by atoms with Gasteiger partial charge >= 0.3 is 0 Å². The second-order valence-corrected chi connectivity index (χ2v) is 10.1. The van der Waals surface area contributed by atoms with E-state index in [-0.39, 0.29) is 17.0 Å². The van der Waals surface area contributed by atoms with Gasteiger partial charge < -0.3 is 9.64 Å². The number of aromatic nitrogens is 1. The fourth-order valence-corrected chi connectivity index (χ4v) is 5.58. The zero-order valence-corrected chi connectivity index (χ0v) is 21.5. The first-order chi connectivity index (χ1) is 15.8. The molecule has 3 heterocycles. The fraction of sp³-hybridized carbons (Fsp3) is 0.583. The molecule has 2 aliphatic heterocycles. The summed E-state index contributed by atoms with van der Waals surface area (Å²) in [5.74, 6) is 1.30. The third-order valence-electron chi connectivity index (χ3n) is 6.27. The van der Waals surface area contributed by atoms with Crippen molar-refractivity contribution in [1.29, 1.82) is 5.26 Å². The van der Waals surface area contributed by atoms with Crippen molar-refractivity contribution in [3.8, 4) is 6.07 Å². The number of carbonyl (C=O) groups excluding carboxylic acids is 1. The predicted octanol–water partition coefficient (Wildman–Crippen LogP) is 3.91. The smallest absolute Gasteiger partial charge is 0.270 e. The molecule has 2 aliphatic rings. The summed E-state index contributed by atoms with van der Waals surface area (Å²) in [4.78, 5) is 30.6. The van der Waals surface area contributed by atoms with Crippen LogP contribution in [-0.2, 0) is 16.1 Å². The highest BCUT2D eigenvalue weighted by Crippen LogP contribution is 2.36. The first-order valence-electron chi connectivity index (χ1n) is 11.6. The summed E-state index contributed by atoms with van der Waals surface area (Å²) in [6, 6.07) is 2.09. The van der Waals surface area contributed by atoms with Crippen LogP contribution in [0.4, 0.5) is 5.82 Å². The van der Waals surface area contributed by atoms with Crippen molar-refractivity contribution in [2.24, 2.45) is 5.92 Å². The Bertz CT molecular complexity index is 1050. The number of pyridine rings is 1. The number of carbonyl (C=O) groups is 1. The van der Waals surface area contributed by atoms with E-state index in [1.807, 2.05) is 19.9 Å². The SMILES string of the molecule is CCOCCCN1C(=O)/C(=C/c2c(C)c(C#N)c(=O)n(CC)c2N2CCC(C)CC2)SC1=S. The van der Waals surface area contributed by atoms with Gasteiger partial charge in [0.05, 0.1) is 4.91 Å².